The molecule has 190 valence electrons. The second kappa shape index (κ2) is 10.00. The molecule has 3 heterocycles. The Labute approximate surface area is 236 Å². The largest absolute Gasteiger partial charge is 0.517 e. The van der Waals surface area contributed by atoms with Crippen LogP contribution in [0.15, 0.2) is 103 Å². The van der Waals surface area contributed by atoms with Gasteiger partial charge in [-0.15, -0.1) is 28.8 Å². The van der Waals surface area contributed by atoms with Crippen LogP contribution in [0.25, 0.3) is 27.6 Å². The molecule has 0 fully saturated rings. The van der Waals surface area contributed by atoms with Crippen molar-refractivity contribution < 1.29 is 25.8 Å². The zero-order valence-electron chi connectivity index (χ0n) is 20.6. The zero-order valence-corrected chi connectivity index (χ0v) is 22.9. The Morgan fingerprint density at radius 2 is 1.61 bits per heavy atom. The van der Waals surface area contributed by atoms with Gasteiger partial charge in [0, 0.05) is 49.9 Å². The van der Waals surface area contributed by atoms with Crippen molar-refractivity contribution in [2.24, 2.45) is 0 Å². The van der Waals surface area contributed by atoms with Crippen LogP contribution in [0.5, 0.6) is 5.75 Å². The summed E-state index contributed by atoms with van der Waals surface area (Å²) in [4.78, 5) is 8.88. The summed E-state index contributed by atoms with van der Waals surface area (Å²) in [6.07, 6.45) is 1.81. The molecule has 5 nitrogen and oxygen atoms in total. The number of nitrogens with zero attached hydrogens (tertiary/aromatic N) is 4. The number of anilines is 3. The molecule has 0 radical (unpaired) electrons. The van der Waals surface area contributed by atoms with Crippen LogP contribution in [0.1, 0.15) is 5.56 Å². The number of para-hydroxylation sites is 3. The van der Waals surface area contributed by atoms with Crippen LogP contribution < -0.4 is 14.5 Å². The van der Waals surface area contributed by atoms with Crippen molar-refractivity contribution in [1.29, 1.82) is 0 Å². The van der Waals surface area contributed by atoms with E-state index in [2.05, 4.69) is 106 Å². The topological polar surface area (TPSA) is 33.5 Å². The minimum atomic E-state index is 0. The molecule has 38 heavy (non-hydrogen) atoms. The Balaban J connectivity index is 0.00000264. The van der Waals surface area contributed by atoms with Gasteiger partial charge in [0.15, 0.2) is 0 Å². The van der Waals surface area contributed by atoms with Crippen LogP contribution in [-0.4, -0.2) is 16.6 Å². The minimum absolute atomic E-state index is 0. The van der Waals surface area contributed by atoms with Gasteiger partial charge in [0.1, 0.15) is 5.82 Å². The summed E-state index contributed by atoms with van der Waals surface area (Å²) in [6.45, 7) is 2.48. The standard InChI is InChI=1S/C32H23N4O.Pt/c1-34-22-35(30-14-5-4-13-29(30)34)24-10-8-9-23(19-24)21-37-25-16-17-27-26-11-2-3-12-28(26)36(31(27)20-25)32-15-6-7-18-33-32;/h2-18,22H,21H2,1H3;/q-3;. The molecule has 2 aromatic heterocycles. The van der Waals surface area contributed by atoms with Crippen molar-refractivity contribution in [3.05, 3.63) is 128 Å². The van der Waals surface area contributed by atoms with Crippen molar-refractivity contribution in [3.8, 4) is 11.6 Å². The van der Waals surface area contributed by atoms with Gasteiger partial charge in [-0.2, -0.15) is 37.0 Å². The monoisotopic (exact) mass is 674 g/mol. The van der Waals surface area contributed by atoms with E-state index >= 15 is 0 Å². The van der Waals surface area contributed by atoms with Crippen LogP contribution in [0, 0.1) is 18.8 Å². The van der Waals surface area contributed by atoms with Gasteiger partial charge in [-0.05, 0) is 42.8 Å². The predicted octanol–water partition coefficient (Wildman–Crippen LogP) is 7.06. The van der Waals surface area contributed by atoms with Crippen LogP contribution in [0.4, 0.5) is 17.1 Å². The quantitative estimate of drug-likeness (QED) is 0.184. The van der Waals surface area contributed by atoms with E-state index in [0.717, 1.165) is 39.2 Å². The number of hydrogen-bond acceptors (Lipinski definition) is 4. The summed E-state index contributed by atoms with van der Waals surface area (Å²) in [5, 5.41) is 2.29. The van der Waals surface area contributed by atoms with Crippen LogP contribution in [0.3, 0.4) is 0 Å². The third kappa shape index (κ3) is 4.13. The summed E-state index contributed by atoms with van der Waals surface area (Å²) < 4.78 is 8.38. The first-order valence-corrected chi connectivity index (χ1v) is 12.2. The summed E-state index contributed by atoms with van der Waals surface area (Å²) in [6, 6.07) is 39.9. The fourth-order valence-corrected chi connectivity index (χ4v) is 5.02. The molecule has 6 heteroatoms. The van der Waals surface area contributed by atoms with Gasteiger partial charge in [0.05, 0.1) is 6.61 Å². The molecule has 0 bridgehead atoms. The van der Waals surface area contributed by atoms with Gasteiger partial charge in [-0.25, -0.2) is 4.98 Å². The van der Waals surface area contributed by atoms with Gasteiger partial charge in [-0.1, -0.05) is 41.9 Å². The SMILES string of the molecule is CN1[CH-]N(c2[c-]c(COc3[c-]c4c(cc3)c3ccccc3n4-c3ccccn3)ccc2)c2ccccc21.[Pt]. The third-order valence-electron chi connectivity index (χ3n) is 6.73. The molecule has 0 spiro atoms. The van der Waals surface area contributed by atoms with E-state index in [9.17, 15) is 0 Å². The summed E-state index contributed by atoms with van der Waals surface area (Å²) in [5.41, 5.74) is 6.30. The minimum Gasteiger partial charge on any atom is -0.517 e. The Hall–Kier alpha value is -4.08. The molecule has 0 amide bonds. The average molecular weight is 675 g/mol. The number of fused-ring (bicyclic) bond motifs is 4. The number of aromatic nitrogens is 2. The molecule has 0 saturated heterocycles. The molecular formula is C32H23N4OPt-3. The first kappa shape index (κ1) is 24.3. The van der Waals surface area contributed by atoms with E-state index in [1.807, 2.05) is 42.6 Å². The van der Waals surface area contributed by atoms with E-state index < -0.39 is 0 Å². The summed E-state index contributed by atoms with van der Waals surface area (Å²) in [5.74, 6) is 1.54. The second-order valence-corrected chi connectivity index (χ2v) is 9.06. The van der Waals surface area contributed by atoms with E-state index in [1.54, 1.807) is 0 Å². The van der Waals surface area contributed by atoms with Gasteiger partial charge >= 0.3 is 0 Å². The third-order valence-corrected chi connectivity index (χ3v) is 6.73. The first-order valence-electron chi connectivity index (χ1n) is 12.2. The zero-order chi connectivity index (χ0) is 24.8. The Morgan fingerprint density at radius 1 is 0.789 bits per heavy atom. The molecule has 0 aliphatic carbocycles. The normalized spacial score (nSPS) is 12.6. The van der Waals surface area contributed by atoms with E-state index in [1.165, 1.54) is 11.1 Å². The Morgan fingerprint density at radius 3 is 2.47 bits per heavy atom. The van der Waals surface area contributed by atoms with Crippen LogP contribution in [0.2, 0.25) is 0 Å². The van der Waals surface area contributed by atoms with Crippen LogP contribution in [-0.2, 0) is 27.7 Å². The molecule has 0 saturated carbocycles. The van der Waals surface area contributed by atoms with E-state index in [-0.39, 0.29) is 21.1 Å². The maximum absolute atomic E-state index is 6.24. The number of ether oxygens (including phenoxy) is 1. The molecule has 4 aromatic carbocycles. The number of hydrogen-bond donors (Lipinski definition) is 0. The average Bonchev–Trinajstić information content (AvgIpc) is 3.47. The Bertz CT molecular complexity index is 1750. The molecular weight excluding hydrogens is 651 g/mol. The molecule has 0 N–H and O–H groups in total. The van der Waals surface area contributed by atoms with E-state index in [0.29, 0.717) is 12.4 Å². The van der Waals surface area contributed by atoms with Crippen molar-refractivity contribution in [3.63, 3.8) is 0 Å². The number of rotatable bonds is 5. The van der Waals surface area contributed by atoms with Gasteiger partial charge in [0.25, 0.3) is 0 Å². The number of benzene rings is 4. The molecule has 0 unspecified atom stereocenters. The van der Waals surface area contributed by atoms with Gasteiger partial charge < -0.3 is 19.1 Å². The van der Waals surface area contributed by atoms with Crippen LogP contribution >= 0.6 is 0 Å². The molecule has 6 aromatic rings. The molecule has 1 aliphatic rings. The molecule has 7 rings (SSSR count). The first-order chi connectivity index (χ1) is 18.3. The van der Waals surface area contributed by atoms with E-state index in [4.69, 9.17) is 4.74 Å². The van der Waals surface area contributed by atoms with Crippen molar-refractivity contribution >= 4 is 38.9 Å². The fourth-order valence-electron chi connectivity index (χ4n) is 5.02. The van der Waals surface area contributed by atoms with Gasteiger partial charge in [0.2, 0.25) is 0 Å². The molecule has 1 aliphatic heterocycles. The van der Waals surface area contributed by atoms with Crippen molar-refractivity contribution in [1.82, 2.24) is 9.55 Å². The fraction of sp³-hybridized carbons (Fsp3) is 0.0625. The van der Waals surface area contributed by atoms with Crippen molar-refractivity contribution in [2.45, 2.75) is 6.61 Å². The second-order valence-electron chi connectivity index (χ2n) is 9.06. The smallest absolute Gasteiger partial charge is 0.135 e. The predicted molar refractivity (Wildman–Crippen MR) is 148 cm³/mol. The maximum atomic E-state index is 6.24. The molecule has 0 atom stereocenters. The summed E-state index contributed by atoms with van der Waals surface area (Å²) in [7, 11) is 2.06. The summed E-state index contributed by atoms with van der Waals surface area (Å²) >= 11 is 0. The Kier molecular flexibility index (Phi) is 6.38. The van der Waals surface area contributed by atoms with Gasteiger partial charge in [-0.3, -0.25) is 0 Å². The van der Waals surface area contributed by atoms with Crippen molar-refractivity contribution in [2.75, 3.05) is 16.8 Å². The number of pyridine rings is 1. The maximum Gasteiger partial charge on any atom is 0.135 e.